The van der Waals surface area contributed by atoms with Crippen molar-refractivity contribution in [2.24, 2.45) is 0 Å². The summed E-state index contributed by atoms with van der Waals surface area (Å²) in [5.41, 5.74) is 0. The van der Waals surface area contributed by atoms with E-state index in [4.69, 9.17) is 21.2 Å². The Bertz CT molecular complexity index is 437. The van der Waals surface area contributed by atoms with Crippen LogP contribution in [0.15, 0.2) is 0 Å². The average Bonchev–Trinajstić information content (AvgIpc) is 2.38. The van der Waals surface area contributed by atoms with Crippen molar-refractivity contribution >= 4 is 50.4 Å². The summed E-state index contributed by atoms with van der Waals surface area (Å²) in [5.74, 6) is 0. The first-order chi connectivity index (χ1) is 12.1. The summed E-state index contributed by atoms with van der Waals surface area (Å²) in [6.07, 6.45) is 0. The Morgan fingerprint density at radius 2 is 0.750 bits per heavy atom. The molecule has 28 heavy (non-hydrogen) atoms. The first-order valence-corrected chi connectivity index (χ1v) is 28.4. The Hall–Kier alpha value is 1.10. The van der Waals surface area contributed by atoms with Gasteiger partial charge in [0.05, 0.1) is 0 Å². The van der Waals surface area contributed by atoms with Crippen LogP contribution in [-0.4, -0.2) is 64.6 Å². The second kappa shape index (κ2) is 9.71. The molecule has 0 saturated heterocycles. The Kier molecular flexibility index (Phi) is 10.1. The van der Waals surface area contributed by atoms with Crippen LogP contribution in [-0.2, 0) is 21.2 Å². The highest BCUT2D eigenvalue weighted by molar-refractivity contribution is 6.96. The Labute approximate surface area is 181 Å². The molecule has 0 fully saturated rings. The minimum atomic E-state index is -2.92. The molecule has 0 saturated carbocycles. The number of rotatable bonds is 12. The predicted octanol–water partition coefficient (Wildman–Crippen LogP) is 6.09. The zero-order valence-corrected chi connectivity index (χ0v) is 27.3. The van der Waals surface area contributed by atoms with E-state index in [0.717, 1.165) is 6.04 Å². The lowest BCUT2D eigenvalue weighted by atomic mass is 10.9. The summed E-state index contributed by atoms with van der Waals surface area (Å²) in [5, 5.41) is 0.325. The van der Waals surface area contributed by atoms with Crippen LogP contribution < -0.4 is 0 Å². The predicted molar refractivity (Wildman–Crippen MR) is 137 cm³/mol. The second-order valence-electron chi connectivity index (χ2n) is 11.7. The molecule has 5 nitrogen and oxygen atoms in total. The molecule has 0 aromatic heterocycles. The molecular weight excluding hydrogens is 453 g/mol. The molecule has 0 rings (SSSR count). The Morgan fingerprint density at radius 3 is 0.929 bits per heavy atom. The summed E-state index contributed by atoms with van der Waals surface area (Å²) >= 11 is 0. The molecule has 0 unspecified atom stereocenters. The summed E-state index contributed by atoms with van der Waals surface area (Å²) in [6.45, 7) is 29.3. The Balaban J connectivity index is 6.50. The molecule has 11 heteroatoms. The van der Waals surface area contributed by atoms with Gasteiger partial charge in [0, 0.05) is 25.4 Å². The van der Waals surface area contributed by atoms with Crippen LogP contribution in [0.4, 0.5) is 0 Å². The fraction of sp³-hybridized carbons (Fsp3) is 1.00. The van der Waals surface area contributed by atoms with E-state index >= 15 is 0 Å². The molecule has 0 aromatic rings. The van der Waals surface area contributed by atoms with Crippen molar-refractivity contribution in [3.63, 3.8) is 0 Å². The molecule has 0 aliphatic carbocycles. The maximum atomic E-state index is 6.92. The van der Waals surface area contributed by atoms with E-state index in [1.165, 1.54) is 0 Å². The highest BCUT2D eigenvalue weighted by Gasteiger charge is 2.57. The highest BCUT2D eigenvalue weighted by Crippen LogP contribution is 2.43. The molecule has 0 aliphatic heterocycles. The highest BCUT2D eigenvalue weighted by atomic mass is 28.5. The van der Waals surface area contributed by atoms with Crippen molar-refractivity contribution in [1.29, 1.82) is 0 Å². The largest absolute Gasteiger partial charge is 0.469 e. The maximum absolute atomic E-state index is 6.92. The topological polar surface area (TPSA) is 46.2 Å². The van der Waals surface area contributed by atoms with Gasteiger partial charge in [0.15, 0.2) is 41.6 Å². The minimum absolute atomic E-state index is 0.325. The summed E-state index contributed by atoms with van der Waals surface area (Å²) < 4.78 is 33.0. The molecule has 0 bridgehead atoms. The fourth-order valence-corrected chi connectivity index (χ4v) is 31.2. The van der Waals surface area contributed by atoms with E-state index in [0.29, 0.717) is 5.16 Å². The van der Waals surface area contributed by atoms with E-state index in [2.05, 4.69) is 85.1 Å². The standard InChI is InChI=1S/C17H48O5Si6/c1-18-26(12,13)17(27(14,15)19-2)16-28(20-23(3,4)5,21-24(6,7)8)22-25(9,10)11/h17H,16H2,1-15H3. The zero-order chi connectivity index (χ0) is 22.8. The van der Waals surface area contributed by atoms with Crippen molar-refractivity contribution in [3.8, 4) is 0 Å². The van der Waals surface area contributed by atoms with E-state index in [-0.39, 0.29) is 0 Å². The van der Waals surface area contributed by atoms with Crippen LogP contribution in [0.3, 0.4) is 0 Å². The third-order valence-electron chi connectivity index (χ3n) is 4.57. The van der Waals surface area contributed by atoms with Gasteiger partial charge in [-0.25, -0.2) is 0 Å². The van der Waals surface area contributed by atoms with Gasteiger partial charge in [-0.05, 0) is 85.1 Å². The van der Waals surface area contributed by atoms with Gasteiger partial charge >= 0.3 is 8.80 Å². The van der Waals surface area contributed by atoms with Crippen LogP contribution in [0.5, 0.6) is 0 Å². The van der Waals surface area contributed by atoms with Crippen LogP contribution in [0.2, 0.25) is 96.3 Å². The van der Waals surface area contributed by atoms with Gasteiger partial charge in [0.2, 0.25) is 0 Å². The summed E-state index contributed by atoms with van der Waals surface area (Å²) in [4.78, 5) is 0. The lowest BCUT2D eigenvalue weighted by molar-refractivity contribution is 0.249. The van der Waals surface area contributed by atoms with Crippen LogP contribution >= 0.6 is 0 Å². The Morgan fingerprint density at radius 1 is 0.500 bits per heavy atom. The zero-order valence-electron chi connectivity index (χ0n) is 21.3. The molecule has 0 heterocycles. The van der Waals surface area contributed by atoms with Crippen molar-refractivity contribution < 1.29 is 21.2 Å². The van der Waals surface area contributed by atoms with Crippen LogP contribution in [0.1, 0.15) is 0 Å². The molecule has 0 radical (unpaired) electrons. The van der Waals surface area contributed by atoms with E-state index in [1.807, 2.05) is 14.2 Å². The van der Waals surface area contributed by atoms with E-state index in [9.17, 15) is 0 Å². The van der Waals surface area contributed by atoms with Gasteiger partial charge in [-0.3, -0.25) is 0 Å². The minimum Gasteiger partial charge on any atom is -0.420 e. The molecule has 0 amide bonds. The number of hydrogen-bond donors (Lipinski definition) is 0. The average molecular weight is 501 g/mol. The van der Waals surface area contributed by atoms with Crippen molar-refractivity contribution in [2.45, 2.75) is 96.3 Å². The van der Waals surface area contributed by atoms with Gasteiger partial charge in [-0.15, -0.1) is 0 Å². The van der Waals surface area contributed by atoms with Crippen LogP contribution in [0.25, 0.3) is 0 Å². The molecular formula is C17H48O5Si6. The molecule has 0 aromatic carbocycles. The quantitative estimate of drug-likeness (QED) is 0.303. The van der Waals surface area contributed by atoms with Gasteiger partial charge in [0.1, 0.15) is 0 Å². The van der Waals surface area contributed by atoms with Crippen molar-refractivity contribution in [2.75, 3.05) is 14.2 Å². The van der Waals surface area contributed by atoms with Gasteiger partial charge < -0.3 is 21.2 Å². The van der Waals surface area contributed by atoms with E-state index in [1.54, 1.807) is 0 Å². The normalized spacial score (nSPS) is 15.4. The fourth-order valence-electron chi connectivity index (χ4n) is 3.45. The second-order valence-corrected chi connectivity index (χ2v) is 37.8. The van der Waals surface area contributed by atoms with Gasteiger partial charge in [-0.2, -0.15) is 0 Å². The molecule has 0 N–H and O–H groups in total. The first-order valence-electron chi connectivity index (χ1n) is 10.3. The molecule has 0 aliphatic rings. The lowest BCUT2D eigenvalue weighted by Gasteiger charge is -2.48. The first kappa shape index (κ1) is 29.1. The lowest BCUT2D eigenvalue weighted by Crippen LogP contribution is -2.64. The molecule has 0 atom stereocenters. The third kappa shape index (κ3) is 10.4. The smallest absolute Gasteiger partial charge is 0.420 e. The third-order valence-corrected chi connectivity index (χ3v) is 27.4. The summed E-state index contributed by atoms with van der Waals surface area (Å²) in [7, 11) is -8.95. The maximum Gasteiger partial charge on any atom is 0.469 e. The molecule has 170 valence electrons. The van der Waals surface area contributed by atoms with Gasteiger partial charge in [-0.1, -0.05) is 0 Å². The van der Waals surface area contributed by atoms with Gasteiger partial charge in [0.25, 0.3) is 0 Å². The van der Waals surface area contributed by atoms with E-state index < -0.39 is 50.4 Å². The van der Waals surface area contributed by atoms with Crippen LogP contribution in [0, 0.1) is 0 Å². The van der Waals surface area contributed by atoms with Crippen molar-refractivity contribution in [1.82, 2.24) is 0 Å². The molecule has 0 spiro atoms. The number of hydrogen-bond acceptors (Lipinski definition) is 5. The SMILES string of the molecule is CO[Si](C)(C)C(C[Si](O[Si](C)(C)C)(O[Si](C)(C)C)O[Si](C)(C)C)[Si](C)(C)OC. The van der Waals surface area contributed by atoms with Crippen molar-refractivity contribution in [3.05, 3.63) is 0 Å². The summed E-state index contributed by atoms with van der Waals surface area (Å²) in [6, 6.07) is 0.811. The monoisotopic (exact) mass is 500 g/mol.